The Labute approximate surface area is 335 Å². The number of ether oxygens (including phenoxy) is 2. The highest BCUT2D eigenvalue weighted by Gasteiger charge is 2.26. The predicted octanol–water partition coefficient (Wildman–Crippen LogP) is 11.5. The Hall–Kier alpha value is -2.36. The third-order valence-electron chi connectivity index (χ3n) is 8.31. The molecule has 0 aliphatic heterocycles. The quantitative estimate of drug-likeness (QED) is 0.0241. The summed E-state index contributed by atoms with van der Waals surface area (Å²) in [7, 11) is -4.53. The molecule has 0 rings (SSSR count). The summed E-state index contributed by atoms with van der Waals surface area (Å²) in [6, 6.07) is 0. The Kier molecular flexibility index (Phi) is 39.5. The highest BCUT2D eigenvalue weighted by atomic mass is 31.2. The molecule has 0 heterocycles. The number of phosphoric ester groups is 1. The van der Waals surface area contributed by atoms with Crippen molar-refractivity contribution in [2.24, 2.45) is 0 Å². The van der Waals surface area contributed by atoms with Crippen LogP contribution in [0.2, 0.25) is 0 Å². The van der Waals surface area contributed by atoms with Gasteiger partial charge in [-0.15, -0.1) is 0 Å². The van der Waals surface area contributed by atoms with Gasteiger partial charge in [0.25, 0.3) is 0 Å². The summed E-state index contributed by atoms with van der Waals surface area (Å²) in [4.78, 5) is 22.6. The second-order valence-electron chi connectivity index (χ2n) is 13.6. The van der Waals surface area contributed by atoms with Crippen LogP contribution < -0.4 is 0 Å². The number of esters is 1. The minimum absolute atomic E-state index is 0.0230. The van der Waals surface area contributed by atoms with Crippen LogP contribution in [0.1, 0.15) is 149 Å². The maximum Gasteiger partial charge on any atom is 0.472 e. The van der Waals surface area contributed by atoms with Crippen LogP contribution in [-0.4, -0.2) is 66.3 Å². The first-order valence-corrected chi connectivity index (χ1v) is 22.6. The van der Waals surface area contributed by atoms with E-state index in [0.29, 0.717) is 13.0 Å². The van der Waals surface area contributed by atoms with Gasteiger partial charge in [0.1, 0.15) is 12.2 Å². The molecule has 0 saturated carbocycles. The number of allylic oxidation sites excluding steroid dienone is 14. The van der Waals surface area contributed by atoms with Gasteiger partial charge in [-0.2, -0.15) is 0 Å². The predicted molar refractivity (Wildman–Crippen MR) is 228 cm³/mol. The van der Waals surface area contributed by atoms with Gasteiger partial charge in [-0.1, -0.05) is 144 Å². The van der Waals surface area contributed by atoms with Crippen molar-refractivity contribution in [1.82, 2.24) is 0 Å². The molecule has 0 aromatic rings. The molecule has 0 fully saturated rings. The summed E-state index contributed by atoms with van der Waals surface area (Å²) in [6.45, 7) is 3.27. The van der Waals surface area contributed by atoms with Crippen LogP contribution in [-0.2, 0) is 27.9 Å². The van der Waals surface area contributed by atoms with Gasteiger partial charge in [-0.25, -0.2) is 4.57 Å². The number of carbonyl (C=O) groups excluding carboxylic acids is 1. The number of unbranched alkanes of at least 4 members (excludes halogenated alkanes) is 11. The van der Waals surface area contributed by atoms with Gasteiger partial charge in [0.2, 0.25) is 0 Å². The highest BCUT2D eigenvalue weighted by molar-refractivity contribution is 7.47. The number of carbonyl (C=O) groups is 1. The van der Waals surface area contributed by atoms with Crippen molar-refractivity contribution in [3.8, 4) is 0 Å². The molecule has 0 bridgehead atoms. The Morgan fingerprint density at radius 1 is 0.582 bits per heavy atom. The number of rotatable bonds is 39. The van der Waals surface area contributed by atoms with Gasteiger partial charge in [0.05, 0.1) is 26.4 Å². The first-order chi connectivity index (χ1) is 26.8. The molecule has 0 radical (unpaired) electrons. The topological polar surface area (TPSA) is 132 Å². The molecule has 9 nitrogen and oxygen atoms in total. The first-order valence-electron chi connectivity index (χ1n) is 21.1. The molecule has 316 valence electrons. The van der Waals surface area contributed by atoms with E-state index in [2.05, 4.69) is 98.9 Å². The molecule has 3 N–H and O–H groups in total. The lowest BCUT2D eigenvalue weighted by Crippen LogP contribution is -2.29. The maximum atomic E-state index is 12.6. The summed E-state index contributed by atoms with van der Waals surface area (Å²) in [5.41, 5.74) is 0. The minimum Gasteiger partial charge on any atom is -0.457 e. The monoisotopic (exact) mass is 793 g/mol. The lowest BCUT2D eigenvalue weighted by Gasteiger charge is -2.20. The van der Waals surface area contributed by atoms with Crippen LogP contribution in [0.4, 0.5) is 0 Å². The largest absolute Gasteiger partial charge is 0.472 e. The number of phosphoric acid groups is 1. The second-order valence-corrected chi connectivity index (χ2v) is 15.1. The summed E-state index contributed by atoms with van der Waals surface area (Å²) in [6.07, 6.45) is 49.6. The molecule has 10 heteroatoms. The molecular formula is C45H77O9P. The molecule has 55 heavy (non-hydrogen) atoms. The van der Waals surface area contributed by atoms with Crippen molar-refractivity contribution in [3.05, 3.63) is 85.1 Å². The zero-order valence-electron chi connectivity index (χ0n) is 34.4. The fourth-order valence-electron chi connectivity index (χ4n) is 5.10. The standard InChI is InChI=1S/C45H77O9P/c1-3-5-7-9-11-13-15-17-19-20-21-22-23-25-27-29-31-33-35-37-45(48)54-44(42-53-55(49,50)52-40-43(47)39-46)41-51-38-36-34-32-30-28-26-24-18-16-14-12-10-8-6-4-2/h5,7,10-13,16-19,21-22,25,27,43-44,46-47H,3-4,6,8-9,14-15,20,23-24,26,28-42H2,1-2H3,(H,49,50)/b7-5-,12-10-,13-11-,18-16-,19-17-,22-21-,27-25-. The number of hydrogen-bond acceptors (Lipinski definition) is 8. The van der Waals surface area contributed by atoms with Gasteiger partial charge in [0, 0.05) is 13.0 Å². The van der Waals surface area contributed by atoms with Crippen LogP contribution in [0.5, 0.6) is 0 Å². The molecule has 0 aliphatic carbocycles. The molecule has 0 spiro atoms. The molecule has 0 saturated heterocycles. The maximum absolute atomic E-state index is 12.6. The van der Waals surface area contributed by atoms with E-state index in [1.54, 1.807) is 0 Å². The van der Waals surface area contributed by atoms with E-state index in [1.165, 1.54) is 38.5 Å². The van der Waals surface area contributed by atoms with Crippen molar-refractivity contribution in [2.75, 3.05) is 33.0 Å². The van der Waals surface area contributed by atoms with Gasteiger partial charge >= 0.3 is 13.8 Å². The van der Waals surface area contributed by atoms with E-state index >= 15 is 0 Å². The third kappa shape index (κ3) is 41.1. The Morgan fingerprint density at radius 3 is 1.56 bits per heavy atom. The molecule has 0 aromatic heterocycles. The van der Waals surface area contributed by atoms with Crippen molar-refractivity contribution >= 4 is 13.8 Å². The number of aliphatic hydroxyl groups is 2. The number of hydrogen-bond donors (Lipinski definition) is 3. The van der Waals surface area contributed by atoms with Crippen molar-refractivity contribution < 1.29 is 43.0 Å². The van der Waals surface area contributed by atoms with Gasteiger partial charge in [-0.3, -0.25) is 13.8 Å². The minimum atomic E-state index is -4.53. The average molecular weight is 793 g/mol. The van der Waals surface area contributed by atoms with Gasteiger partial charge in [0.15, 0.2) is 0 Å². The SMILES string of the molecule is CC/C=C\C/C=C\C/C=C\C/C=C\C/C=C\CCCCCC(=O)OC(COCCCCCCCC/C=C\C/C=C\CCCC)COP(=O)(O)OCC(O)CO. The molecule has 0 aromatic carbocycles. The van der Waals surface area contributed by atoms with Crippen LogP contribution >= 0.6 is 7.82 Å². The lowest BCUT2D eigenvalue weighted by molar-refractivity contribution is -0.154. The van der Waals surface area contributed by atoms with Gasteiger partial charge < -0.3 is 24.6 Å². The summed E-state index contributed by atoms with van der Waals surface area (Å²) >= 11 is 0. The zero-order valence-corrected chi connectivity index (χ0v) is 35.3. The Balaban J connectivity index is 4.30. The molecular weight excluding hydrogens is 715 g/mol. The Bertz CT molecular complexity index is 1130. The first kappa shape index (κ1) is 52.6. The van der Waals surface area contributed by atoms with Crippen LogP contribution in [0, 0.1) is 0 Å². The van der Waals surface area contributed by atoms with Crippen molar-refractivity contribution in [3.63, 3.8) is 0 Å². The lowest BCUT2D eigenvalue weighted by atomic mass is 10.1. The van der Waals surface area contributed by atoms with E-state index in [0.717, 1.165) is 83.5 Å². The highest BCUT2D eigenvalue weighted by Crippen LogP contribution is 2.43. The molecule has 3 unspecified atom stereocenters. The molecule has 0 amide bonds. The van der Waals surface area contributed by atoms with Crippen LogP contribution in [0.3, 0.4) is 0 Å². The third-order valence-corrected chi connectivity index (χ3v) is 9.27. The normalized spacial score (nSPS) is 14.9. The van der Waals surface area contributed by atoms with Gasteiger partial charge in [-0.05, 0) is 83.5 Å². The van der Waals surface area contributed by atoms with Crippen molar-refractivity contribution in [1.29, 1.82) is 0 Å². The number of aliphatic hydroxyl groups excluding tert-OH is 2. The van der Waals surface area contributed by atoms with E-state index in [9.17, 15) is 19.4 Å². The van der Waals surface area contributed by atoms with E-state index in [1.807, 2.05) is 0 Å². The summed E-state index contributed by atoms with van der Waals surface area (Å²) in [5, 5.41) is 18.3. The average Bonchev–Trinajstić information content (AvgIpc) is 3.18. The molecule has 0 aliphatic rings. The van der Waals surface area contributed by atoms with E-state index < -0.39 is 45.8 Å². The zero-order chi connectivity index (χ0) is 40.3. The van der Waals surface area contributed by atoms with Crippen molar-refractivity contribution in [2.45, 2.75) is 161 Å². The van der Waals surface area contributed by atoms with E-state index in [-0.39, 0.29) is 13.0 Å². The smallest absolute Gasteiger partial charge is 0.457 e. The molecule has 3 atom stereocenters. The van der Waals surface area contributed by atoms with Crippen LogP contribution in [0.15, 0.2) is 85.1 Å². The summed E-state index contributed by atoms with van der Waals surface area (Å²) < 4.78 is 33.3. The Morgan fingerprint density at radius 2 is 1.04 bits per heavy atom. The summed E-state index contributed by atoms with van der Waals surface area (Å²) in [5.74, 6) is -0.422. The fourth-order valence-corrected chi connectivity index (χ4v) is 5.89. The van der Waals surface area contributed by atoms with Crippen LogP contribution in [0.25, 0.3) is 0 Å². The second kappa shape index (κ2) is 41.3. The van der Waals surface area contributed by atoms with E-state index in [4.69, 9.17) is 23.6 Å². The fraction of sp³-hybridized carbons (Fsp3) is 0.667.